The van der Waals surface area contributed by atoms with Crippen LogP contribution in [0.4, 0.5) is 11.4 Å². The molecule has 1 aromatic heterocycles. The van der Waals surface area contributed by atoms with Crippen molar-refractivity contribution < 1.29 is 9.59 Å². The molecule has 26 heavy (non-hydrogen) atoms. The van der Waals surface area contributed by atoms with Crippen LogP contribution in [0.15, 0.2) is 48.8 Å². The molecular formula is C18H18N6O2. The number of anilines is 2. The van der Waals surface area contributed by atoms with E-state index in [9.17, 15) is 9.59 Å². The topological polar surface area (TPSA) is 102 Å². The van der Waals surface area contributed by atoms with Gasteiger partial charge in [0.15, 0.2) is 0 Å². The lowest BCUT2D eigenvalue weighted by Gasteiger charge is -2.14. The first-order valence-corrected chi connectivity index (χ1v) is 8.01. The number of benzene rings is 2. The van der Waals surface area contributed by atoms with Crippen molar-refractivity contribution in [2.24, 2.45) is 0 Å². The van der Waals surface area contributed by atoms with Crippen LogP contribution in [0.25, 0.3) is 0 Å². The number of carbonyl (C=O) groups is 2. The van der Waals surface area contributed by atoms with Gasteiger partial charge in [0.05, 0.1) is 11.4 Å². The number of amides is 2. The second kappa shape index (κ2) is 7.56. The second-order valence-electron chi connectivity index (χ2n) is 5.87. The van der Waals surface area contributed by atoms with E-state index >= 15 is 0 Å². The maximum Gasteiger partial charge on any atom is 0.255 e. The van der Waals surface area contributed by atoms with Crippen molar-refractivity contribution >= 4 is 23.2 Å². The molecule has 0 fully saturated rings. The standard InChI is InChI=1S/C18H18N6O2/c1-12-7-8-15(21-18(26)14-6-4-3-5-13(14)2)16(9-12)20-17(25)10-24-11-19-22-23-24/h3-9,11H,10H2,1-2H3,(H,20,25)(H,21,26). The van der Waals surface area contributed by atoms with Crippen molar-refractivity contribution in [1.82, 2.24) is 20.2 Å². The third kappa shape index (κ3) is 4.10. The summed E-state index contributed by atoms with van der Waals surface area (Å²) in [6, 6.07) is 12.7. The molecule has 2 aromatic carbocycles. The first-order valence-electron chi connectivity index (χ1n) is 8.01. The summed E-state index contributed by atoms with van der Waals surface area (Å²) in [6.45, 7) is 3.76. The normalized spacial score (nSPS) is 10.4. The van der Waals surface area contributed by atoms with Gasteiger partial charge >= 0.3 is 0 Å². The van der Waals surface area contributed by atoms with Crippen molar-refractivity contribution in [3.05, 3.63) is 65.5 Å². The fourth-order valence-corrected chi connectivity index (χ4v) is 2.48. The Hall–Kier alpha value is -3.55. The molecule has 8 heteroatoms. The van der Waals surface area contributed by atoms with Crippen LogP contribution in [0.2, 0.25) is 0 Å². The molecule has 1 heterocycles. The third-order valence-electron chi connectivity index (χ3n) is 3.78. The highest BCUT2D eigenvalue weighted by atomic mass is 16.2. The van der Waals surface area contributed by atoms with Crippen LogP contribution >= 0.6 is 0 Å². The molecule has 2 amide bonds. The van der Waals surface area contributed by atoms with Gasteiger partial charge in [0.1, 0.15) is 12.9 Å². The van der Waals surface area contributed by atoms with Crippen molar-refractivity contribution in [2.75, 3.05) is 10.6 Å². The molecule has 0 aliphatic heterocycles. The summed E-state index contributed by atoms with van der Waals surface area (Å²) >= 11 is 0. The molecule has 0 aliphatic carbocycles. The largest absolute Gasteiger partial charge is 0.323 e. The van der Waals surface area contributed by atoms with Gasteiger partial charge in [-0.1, -0.05) is 24.3 Å². The SMILES string of the molecule is Cc1ccc(NC(=O)c2ccccc2C)c(NC(=O)Cn2cnnn2)c1. The number of carbonyl (C=O) groups excluding carboxylic acids is 2. The number of rotatable bonds is 5. The van der Waals surface area contributed by atoms with Crippen molar-refractivity contribution in [1.29, 1.82) is 0 Å². The van der Waals surface area contributed by atoms with Crippen LogP contribution in [0.1, 0.15) is 21.5 Å². The Morgan fingerprint density at radius 3 is 2.58 bits per heavy atom. The molecule has 132 valence electrons. The van der Waals surface area contributed by atoms with E-state index < -0.39 is 0 Å². The zero-order valence-corrected chi connectivity index (χ0v) is 14.4. The van der Waals surface area contributed by atoms with Crippen molar-refractivity contribution in [3.8, 4) is 0 Å². The molecule has 0 bridgehead atoms. The van der Waals surface area contributed by atoms with Crippen LogP contribution in [0.3, 0.4) is 0 Å². The van der Waals surface area contributed by atoms with E-state index in [1.807, 2.05) is 38.1 Å². The Labute approximate surface area is 150 Å². The lowest BCUT2D eigenvalue weighted by molar-refractivity contribution is -0.116. The molecular weight excluding hydrogens is 332 g/mol. The number of nitrogens with one attached hydrogen (secondary N) is 2. The summed E-state index contributed by atoms with van der Waals surface area (Å²) in [7, 11) is 0. The van der Waals surface area contributed by atoms with Crippen LogP contribution in [0.5, 0.6) is 0 Å². The summed E-state index contributed by atoms with van der Waals surface area (Å²) in [5.41, 5.74) is 3.45. The molecule has 0 saturated heterocycles. The van der Waals surface area contributed by atoms with E-state index in [0.29, 0.717) is 16.9 Å². The van der Waals surface area contributed by atoms with Gasteiger partial charge in [-0.3, -0.25) is 9.59 Å². The Morgan fingerprint density at radius 2 is 1.85 bits per heavy atom. The van der Waals surface area contributed by atoms with Gasteiger partial charge in [-0.05, 0) is 53.6 Å². The number of hydrogen-bond donors (Lipinski definition) is 2. The molecule has 0 saturated carbocycles. The minimum Gasteiger partial charge on any atom is -0.323 e. The molecule has 0 atom stereocenters. The molecule has 3 aromatic rings. The Morgan fingerprint density at radius 1 is 1.04 bits per heavy atom. The highest BCUT2D eigenvalue weighted by Crippen LogP contribution is 2.24. The minimum atomic E-state index is -0.297. The molecule has 0 aliphatic rings. The summed E-state index contributed by atoms with van der Waals surface area (Å²) in [4.78, 5) is 24.8. The average Bonchev–Trinajstić information content (AvgIpc) is 3.10. The highest BCUT2D eigenvalue weighted by molar-refractivity contribution is 6.08. The fraction of sp³-hybridized carbons (Fsp3) is 0.167. The van der Waals surface area contributed by atoms with Crippen LogP contribution < -0.4 is 10.6 Å². The number of tetrazole rings is 1. The van der Waals surface area contributed by atoms with Gasteiger partial charge in [-0.2, -0.15) is 0 Å². The van der Waals surface area contributed by atoms with Gasteiger partial charge in [0.2, 0.25) is 5.91 Å². The monoisotopic (exact) mass is 350 g/mol. The fourth-order valence-electron chi connectivity index (χ4n) is 2.48. The van der Waals surface area contributed by atoms with Gasteiger partial charge in [0.25, 0.3) is 5.91 Å². The quantitative estimate of drug-likeness (QED) is 0.734. The number of nitrogens with zero attached hydrogens (tertiary/aromatic N) is 4. The Kier molecular flexibility index (Phi) is 5.02. The van der Waals surface area contributed by atoms with E-state index in [1.54, 1.807) is 18.2 Å². The van der Waals surface area contributed by atoms with E-state index in [2.05, 4.69) is 26.2 Å². The van der Waals surface area contributed by atoms with Crippen molar-refractivity contribution in [2.45, 2.75) is 20.4 Å². The Bertz CT molecular complexity index is 937. The molecule has 8 nitrogen and oxygen atoms in total. The second-order valence-corrected chi connectivity index (χ2v) is 5.87. The first-order chi connectivity index (χ1) is 12.5. The van der Waals surface area contributed by atoms with E-state index in [-0.39, 0.29) is 18.4 Å². The predicted octanol–water partition coefficient (Wildman–Crippen LogP) is 2.18. The summed E-state index contributed by atoms with van der Waals surface area (Å²) in [5, 5.41) is 16.3. The third-order valence-corrected chi connectivity index (χ3v) is 3.78. The molecule has 3 rings (SSSR count). The van der Waals surface area contributed by atoms with Gasteiger partial charge < -0.3 is 10.6 Å². The molecule has 0 radical (unpaired) electrons. The van der Waals surface area contributed by atoms with E-state index in [1.165, 1.54) is 11.0 Å². The van der Waals surface area contributed by atoms with E-state index in [0.717, 1.165) is 11.1 Å². The van der Waals surface area contributed by atoms with Gasteiger partial charge in [-0.15, -0.1) is 5.10 Å². The summed E-state index contributed by atoms with van der Waals surface area (Å²) in [5.74, 6) is -0.530. The molecule has 0 spiro atoms. The van der Waals surface area contributed by atoms with Crippen LogP contribution in [-0.4, -0.2) is 32.0 Å². The van der Waals surface area contributed by atoms with Crippen LogP contribution in [0, 0.1) is 13.8 Å². The van der Waals surface area contributed by atoms with Gasteiger partial charge in [0, 0.05) is 5.56 Å². The predicted molar refractivity (Wildman–Crippen MR) is 96.8 cm³/mol. The van der Waals surface area contributed by atoms with Gasteiger partial charge in [-0.25, -0.2) is 4.68 Å². The maximum absolute atomic E-state index is 12.6. The van der Waals surface area contributed by atoms with E-state index in [4.69, 9.17) is 0 Å². The molecule has 0 unspecified atom stereocenters. The highest BCUT2D eigenvalue weighted by Gasteiger charge is 2.13. The molecule has 2 N–H and O–H groups in total. The number of hydrogen-bond acceptors (Lipinski definition) is 5. The number of aryl methyl sites for hydroxylation is 2. The summed E-state index contributed by atoms with van der Waals surface area (Å²) in [6.07, 6.45) is 1.36. The first kappa shape index (κ1) is 17.3. The zero-order valence-electron chi connectivity index (χ0n) is 14.4. The lowest BCUT2D eigenvalue weighted by atomic mass is 10.1. The Balaban J connectivity index is 1.78. The lowest BCUT2D eigenvalue weighted by Crippen LogP contribution is -2.21. The zero-order chi connectivity index (χ0) is 18.5. The van der Waals surface area contributed by atoms with Crippen LogP contribution in [-0.2, 0) is 11.3 Å². The smallest absolute Gasteiger partial charge is 0.255 e. The maximum atomic E-state index is 12.6. The average molecular weight is 350 g/mol. The summed E-state index contributed by atoms with van der Waals surface area (Å²) < 4.78 is 1.32. The van der Waals surface area contributed by atoms with Crippen molar-refractivity contribution in [3.63, 3.8) is 0 Å². The number of aromatic nitrogens is 4. The minimum absolute atomic E-state index is 0.0217.